The van der Waals surface area contributed by atoms with E-state index in [1.165, 1.54) is 0 Å². The van der Waals surface area contributed by atoms with Crippen molar-refractivity contribution in [2.45, 2.75) is 20.3 Å². The van der Waals surface area contributed by atoms with E-state index in [9.17, 15) is 0 Å². The standard InChI is InChI=1S/C11H17NO/c1-3-10-12(13-4-2)11-8-6-5-7-9-11/h5-9H,3-4,10H2,1-2H3. The van der Waals surface area contributed by atoms with Crippen molar-refractivity contribution in [2.24, 2.45) is 0 Å². The third-order valence-electron chi connectivity index (χ3n) is 1.76. The largest absolute Gasteiger partial charge is 0.274 e. The van der Waals surface area contributed by atoms with Gasteiger partial charge in [-0.15, -0.1) is 0 Å². The third-order valence-corrected chi connectivity index (χ3v) is 1.76. The van der Waals surface area contributed by atoms with Crippen molar-refractivity contribution in [3.63, 3.8) is 0 Å². The van der Waals surface area contributed by atoms with Crippen LogP contribution in [0.2, 0.25) is 0 Å². The molecule has 0 aromatic heterocycles. The Balaban J connectivity index is 2.64. The number of nitrogens with zero attached hydrogens (tertiary/aromatic N) is 1. The summed E-state index contributed by atoms with van der Waals surface area (Å²) in [5.74, 6) is 0. The normalized spacial score (nSPS) is 10.0. The third kappa shape index (κ3) is 3.07. The zero-order valence-electron chi connectivity index (χ0n) is 8.36. The van der Waals surface area contributed by atoms with E-state index in [4.69, 9.17) is 4.84 Å². The van der Waals surface area contributed by atoms with E-state index in [0.29, 0.717) is 0 Å². The van der Waals surface area contributed by atoms with Crippen molar-refractivity contribution in [2.75, 3.05) is 18.2 Å². The molecule has 1 aromatic carbocycles. The summed E-state index contributed by atoms with van der Waals surface area (Å²) in [5.41, 5.74) is 1.13. The number of benzene rings is 1. The van der Waals surface area contributed by atoms with Crippen LogP contribution in [-0.4, -0.2) is 13.2 Å². The molecule has 0 radical (unpaired) electrons. The molecular weight excluding hydrogens is 162 g/mol. The van der Waals surface area contributed by atoms with Gasteiger partial charge in [-0.2, -0.15) is 0 Å². The summed E-state index contributed by atoms with van der Waals surface area (Å²) in [5, 5.41) is 1.94. The van der Waals surface area contributed by atoms with Gasteiger partial charge in [-0.1, -0.05) is 25.1 Å². The molecule has 0 bridgehead atoms. The van der Waals surface area contributed by atoms with Gasteiger partial charge in [-0.3, -0.25) is 9.90 Å². The van der Waals surface area contributed by atoms with Gasteiger partial charge in [-0.05, 0) is 25.5 Å². The molecule has 0 aliphatic heterocycles. The van der Waals surface area contributed by atoms with Crippen LogP contribution in [0.3, 0.4) is 0 Å². The van der Waals surface area contributed by atoms with Crippen molar-refractivity contribution >= 4 is 5.69 Å². The molecule has 0 spiro atoms. The first-order chi connectivity index (χ1) is 6.38. The fourth-order valence-corrected chi connectivity index (χ4v) is 1.22. The topological polar surface area (TPSA) is 12.5 Å². The number of anilines is 1. The smallest absolute Gasteiger partial charge is 0.0720 e. The van der Waals surface area contributed by atoms with Crippen LogP contribution in [0.5, 0.6) is 0 Å². The molecule has 1 aromatic rings. The van der Waals surface area contributed by atoms with Crippen molar-refractivity contribution in [1.82, 2.24) is 0 Å². The maximum Gasteiger partial charge on any atom is 0.0720 e. The lowest BCUT2D eigenvalue weighted by molar-refractivity contribution is 0.120. The van der Waals surface area contributed by atoms with Crippen molar-refractivity contribution < 1.29 is 4.84 Å². The number of hydrogen-bond donors (Lipinski definition) is 0. The van der Waals surface area contributed by atoms with Crippen LogP contribution in [0.15, 0.2) is 30.3 Å². The zero-order valence-corrected chi connectivity index (χ0v) is 8.36. The van der Waals surface area contributed by atoms with Gasteiger partial charge < -0.3 is 0 Å². The first kappa shape index (κ1) is 10.1. The molecule has 1 rings (SSSR count). The number of para-hydroxylation sites is 1. The fraction of sp³-hybridized carbons (Fsp3) is 0.455. The van der Waals surface area contributed by atoms with Gasteiger partial charge in [0.1, 0.15) is 0 Å². The molecule has 0 atom stereocenters. The van der Waals surface area contributed by atoms with E-state index < -0.39 is 0 Å². The first-order valence-electron chi connectivity index (χ1n) is 4.84. The molecule has 0 fully saturated rings. The molecule has 0 aliphatic rings. The highest BCUT2D eigenvalue weighted by Crippen LogP contribution is 2.13. The summed E-state index contributed by atoms with van der Waals surface area (Å²) >= 11 is 0. The fourth-order valence-electron chi connectivity index (χ4n) is 1.22. The minimum atomic E-state index is 0.717. The Morgan fingerprint density at radius 3 is 2.38 bits per heavy atom. The van der Waals surface area contributed by atoms with Crippen LogP contribution in [0.1, 0.15) is 20.3 Å². The maximum absolute atomic E-state index is 5.50. The minimum Gasteiger partial charge on any atom is -0.274 e. The van der Waals surface area contributed by atoms with Gasteiger partial charge in [-0.25, -0.2) is 0 Å². The second-order valence-electron chi connectivity index (χ2n) is 2.86. The average molecular weight is 179 g/mol. The molecule has 0 saturated heterocycles. The minimum absolute atomic E-state index is 0.717. The summed E-state index contributed by atoms with van der Waals surface area (Å²) in [7, 11) is 0. The monoisotopic (exact) mass is 179 g/mol. The van der Waals surface area contributed by atoms with Gasteiger partial charge >= 0.3 is 0 Å². The molecule has 2 nitrogen and oxygen atoms in total. The van der Waals surface area contributed by atoms with E-state index in [1.54, 1.807) is 0 Å². The lowest BCUT2D eigenvalue weighted by atomic mass is 10.3. The van der Waals surface area contributed by atoms with Crippen molar-refractivity contribution in [1.29, 1.82) is 0 Å². The van der Waals surface area contributed by atoms with Gasteiger partial charge in [0, 0.05) is 6.54 Å². The van der Waals surface area contributed by atoms with Gasteiger partial charge in [0.2, 0.25) is 0 Å². The molecule has 0 saturated carbocycles. The highest BCUT2D eigenvalue weighted by Gasteiger charge is 2.02. The first-order valence-corrected chi connectivity index (χ1v) is 4.84. The zero-order chi connectivity index (χ0) is 9.52. The maximum atomic E-state index is 5.50. The molecule has 2 heteroatoms. The Bertz CT molecular complexity index is 217. The van der Waals surface area contributed by atoms with E-state index in [1.807, 2.05) is 30.2 Å². The van der Waals surface area contributed by atoms with Crippen molar-refractivity contribution in [3.05, 3.63) is 30.3 Å². The van der Waals surface area contributed by atoms with Crippen LogP contribution in [0.25, 0.3) is 0 Å². The summed E-state index contributed by atoms with van der Waals surface area (Å²) in [4.78, 5) is 5.50. The Kier molecular flexibility index (Phi) is 4.33. The summed E-state index contributed by atoms with van der Waals surface area (Å²) < 4.78 is 0. The Morgan fingerprint density at radius 2 is 1.85 bits per heavy atom. The highest BCUT2D eigenvalue weighted by molar-refractivity contribution is 5.43. The second-order valence-corrected chi connectivity index (χ2v) is 2.86. The Hall–Kier alpha value is -1.02. The van der Waals surface area contributed by atoms with Gasteiger partial charge in [0.25, 0.3) is 0 Å². The van der Waals surface area contributed by atoms with Crippen LogP contribution in [0.4, 0.5) is 5.69 Å². The van der Waals surface area contributed by atoms with Crippen LogP contribution >= 0.6 is 0 Å². The predicted molar refractivity (Wildman–Crippen MR) is 55.7 cm³/mol. The van der Waals surface area contributed by atoms with Crippen molar-refractivity contribution in [3.8, 4) is 0 Å². The van der Waals surface area contributed by atoms with Crippen LogP contribution in [0, 0.1) is 0 Å². The molecular formula is C11H17NO. The molecule has 72 valence electrons. The number of hydrogen-bond acceptors (Lipinski definition) is 2. The summed E-state index contributed by atoms with van der Waals surface area (Å²) in [6.45, 7) is 5.81. The SMILES string of the molecule is CCCN(OCC)c1ccccc1. The molecule has 0 N–H and O–H groups in total. The average Bonchev–Trinajstić information content (AvgIpc) is 2.19. The highest BCUT2D eigenvalue weighted by atomic mass is 16.7. The lowest BCUT2D eigenvalue weighted by Crippen LogP contribution is -2.24. The van der Waals surface area contributed by atoms with E-state index in [0.717, 1.165) is 25.3 Å². The number of rotatable bonds is 5. The summed E-state index contributed by atoms with van der Waals surface area (Å²) in [6, 6.07) is 10.2. The van der Waals surface area contributed by atoms with Gasteiger partial charge in [0.05, 0.1) is 12.3 Å². The van der Waals surface area contributed by atoms with E-state index in [2.05, 4.69) is 19.1 Å². The molecule has 0 heterocycles. The number of hydroxylamine groups is 1. The molecule has 0 aliphatic carbocycles. The molecule has 13 heavy (non-hydrogen) atoms. The van der Waals surface area contributed by atoms with Crippen LogP contribution < -0.4 is 5.06 Å². The predicted octanol–water partition coefficient (Wildman–Crippen LogP) is 2.85. The Labute approximate surface area is 80.1 Å². The van der Waals surface area contributed by atoms with Gasteiger partial charge in [0.15, 0.2) is 0 Å². The lowest BCUT2D eigenvalue weighted by Gasteiger charge is -2.22. The Morgan fingerprint density at radius 1 is 1.15 bits per heavy atom. The van der Waals surface area contributed by atoms with E-state index in [-0.39, 0.29) is 0 Å². The molecule has 0 amide bonds. The van der Waals surface area contributed by atoms with E-state index >= 15 is 0 Å². The van der Waals surface area contributed by atoms with Crippen LogP contribution in [-0.2, 0) is 4.84 Å². The second kappa shape index (κ2) is 5.60. The molecule has 0 unspecified atom stereocenters. The quantitative estimate of drug-likeness (QED) is 0.644. The summed E-state index contributed by atoms with van der Waals surface area (Å²) in [6.07, 6.45) is 1.09.